The first-order chi connectivity index (χ1) is 9.16. The summed E-state index contributed by atoms with van der Waals surface area (Å²) in [6.45, 7) is 10.5. The number of nitrogens with zero attached hydrogens (tertiary/aromatic N) is 2. The largest absolute Gasteiger partial charge is 0.334 e. The van der Waals surface area contributed by atoms with Gasteiger partial charge in [0.2, 0.25) is 0 Å². The molecule has 0 aliphatic rings. The first kappa shape index (κ1) is 17.1. The third kappa shape index (κ3) is 3.59. The summed E-state index contributed by atoms with van der Waals surface area (Å²) in [5, 5.41) is 0.0591. The van der Waals surface area contributed by atoms with Crippen molar-refractivity contribution in [3.05, 3.63) is 12.0 Å². The third-order valence-corrected chi connectivity index (χ3v) is 5.24. The minimum absolute atomic E-state index is 0.0591. The van der Waals surface area contributed by atoms with E-state index in [1.807, 2.05) is 32.3 Å². The number of hydrogen-bond acceptors (Lipinski definition) is 4. The normalized spacial score (nSPS) is 15.6. The minimum atomic E-state index is -3.66. The summed E-state index contributed by atoms with van der Waals surface area (Å²) in [6.07, 6.45) is 2.51. The van der Waals surface area contributed by atoms with Crippen molar-refractivity contribution in [1.82, 2.24) is 14.3 Å². The number of rotatable bonds is 7. The van der Waals surface area contributed by atoms with Crippen LogP contribution in [0, 0.1) is 12.8 Å². The van der Waals surface area contributed by atoms with Crippen LogP contribution in [0.3, 0.4) is 0 Å². The van der Waals surface area contributed by atoms with Gasteiger partial charge in [0.1, 0.15) is 5.82 Å². The molecule has 0 radical (unpaired) electrons. The predicted octanol–water partition coefficient (Wildman–Crippen LogP) is 1.25. The lowest BCUT2D eigenvalue weighted by Gasteiger charge is -2.32. The van der Waals surface area contributed by atoms with Crippen LogP contribution in [0.15, 0.2) is 11.2 Å². The van der Waals surface area contributed by atoms with Crippen molar-refractivity contribution < 1.29 is 8.42 Å². The quantitative estimate of drug-likeness (QED) is 0.793. The lowest BCUT2D eigenvalue weighted by atomic mass is 9.90. The standard InChI is InChI=1S/C13H26N4O2S/c1-6-7-17-8-12(15-11(17)4)20(18,19)16-13(5,9-14)10(2)3/h8,10,16H,6-7,9,14H2,1-5H3. The Balaban J connectivity index is 3.08. The van der Waals surface area contributed by atoms with Crippen LogP contribution < -0.4 is 10.5 Å². The van der Waals surface area contributed by atoms with Gasteiger partial charge in [-0.3, -0.25) is 0 Å². The molecule has 0 spiro atoms. The first-order valence-corrected chi connectivity index (χ1v) is 8.42. The fourth-order valence-corrected chi connectivity index (χ4v) is 3.39. The molecule has 0 aliphatic carbocycles. The van der Waals surface area contributed by atoms with Gasteiger partial charge in [-0.15, -0.1) is 0 Å². The zero-order valence-electron chi connectivity index (χ0n) is 13.0. The van der Waals surface area contributed by atoms with E-state index >= 15 is 0 Å². The highest BCUT2D eigenvalue weighted by Gasteiger charge is 2.33. The van der Waals surface area contributed by atoms with Crippen molar-refractivity contribution >= 4 is 10.0 Å². The second-order valence-corrected chi connectivity index (χ2v) is 7.33. The highest BCUT2D eigenvalue weighted by molar-refractivity contribution is 7.89. The van der Waals surface area contributed by atoms with Gasteiger partial charge in [-0.25, -0.2) is 18.1 Å². The van der Waals surface area contributed by atoms with Gasteiger partial charge in [0.05, 0.1) is 0 Å². The second-order valence-electron chi connectivity index (χ2n) is 5.70. The van der Waals surface area contributed by atoms with Crippen LogP contribution in [0.5, 0.6) is 0 Å². The zero-order chi connectivity index (χ0) is 15.6. The van der Waals surface area contributed by atoms with E-state index in [0.29, 0.717) is 5.82 Å². The summed E-state index contributed by atoms with van der Waals surface area (Å²) in [5.41, 5.74) is 5.04. The fraction of sp³-hybridized carbons (Fsp3) is 0.769. The molecule has 0 saturated carbocycles. The molecule has 1 aromatic heterocycles. The monoisotopic (exact) mass is 302 g/mol. The summed E-state index contributed by atoms with van der Waals surface area (Å²) >= 11 is 0. The summed E-state index contributed by atoms with van der Waals surface area (Å²) in [4.78, 5) is 4.15. The zero-order valence-corrected chi connectivity index (χ0v) is 13.8. The van der Waals surface area contributed by atoms with Crippen molar-refractivity contribution in [3.63, 3.8) is 0 Å². The maximum Gasteiger partial charge on any atom is 0.260 e. The molecule has 7 heteroatoms. The van der Waals surface area contributed by atoms with E-state index in [0.717, 1.165) is 13.0 Å². The summed E-state index contributed by atoms with van der Waals surface area (Å²) in [6, 6.07) is 0. The van der Waals surface area contributed by atoms with Crippen molar-refractivity contribution in [2.75, 3.05) is 6.54 Å². The van der Waals surface area contributed by atoms with Crippen LogP contribution in [0.25, 0.3) is 0 Å². The summed E-state index contributed by atoms with van der Waals surface area (Å²) in [5.74, 6) is 0.785. The molecule has 0 fully saturated rings. The van der Waals surface area contributed by atoms with Crippen LogP contribution in [0.4, 0.5) is 0 Å². The smallest absolute Gasteiger partial charge is 0.260 e. The molecule has 1 aromatic rings. The Morgan fingerprint density at radius 2 is 2.10 bits per heavy atom. The Morgan fingerprint density at radius 1 is 1.50 bits per heavy atom. The number of hydrogen-bond donors (Lipinski definition) is 2. The highest BCUT2D eigenvalue weighted by atomic mass is 32.2. The third-order valence-electron chi connectivity index (χ3n) is 3.76. The lowest BCUT2D eigenvalue weighted by molar-refractivity contribution is 0.314. The minimum Gasteiger partial charge on any atom is -0.334 e. The number of nitrogens with two attached hydrogens (primary N) is 1. The van der Waals surface area contributed by atoms with Gasteiger partial charge in [0.15, 0.2) is 5.03 Å². The number of aromatic nitrogens is 2. The highest BCUT2D eigenvalue weighted by Crippen LogP contribution is 2.19. The molecule has 1 unspecified atom stereocenters. The lowest BCUT2D eigenvalue weighted by Crippen LogP contribution is -2.54. The number of nitrogens with one attached hydrogen (secondary N) is 1. The Morgan fingerprint density at radius 3 is 2.55 bits per heavy atom. The predicted molar refractivity (Wildman–Crippen MR) is 79.9 cm³/mol. The molecule has 20 heavy (non-hydrogen) atoms. The van der Waals surface area contributed by atoms with Crippen LogP contribution in [-0.2, 0) is 16.6 Å². The number of sulfonamides is 1. The van der Waals surface area contributed by atoms with E-state index in [4.69, 9.17) is 5.73 Å². The van der Waals surface area contributed by atoms with E-state index in [-0.39, 0.29) is 17.5 Å². The van der Waals surface area contributed by atoms with E-state index in [2.05, 4.69) is 9.71 Å². The van der Waals surface area contributed by atoms with Gasteiger partial charge in [0, 0.05) is 24.8 Å². The van der Waals surface area contributed by atoms with Crippen molar-refractivity contribution in [1.29, 1.82) is 0 Å². The summed E-state index contributed by atoms with van der Waals surface area (Å²) < 4.78 is 29.4. The molecule has 0 aliphatic heterocycles. The van der Waals surface area contributed by atoms with Crippen LogP contribution >= 0.6 is 0 Å². The molecule has 0 saturated heterocycles. The Hall–Kier alpha value is -0.920. The fourth-order valence-electron chi connectivity index (χ4n) is 1.83. The van der Waals surface area contributed by atoms with E-state index in [1.54, 1.807) is 13.1 Å². The maximum absolute atomic E-state index is 12.4. The van der Waals surface area contributed by atoms with Crippen LogP contribution in [0.1, 0.15) is 39.9 Å². The Kier molecular flexibility index (Phi) is 5.34. The van der Waals surface area contributed by atoms with Crippen molar-refractivity contribution in [2.24, 2.45) is 11.7 Å². The Labute approximate surface area is 121 Å². The van der Waals surface area contributed by atoms with Gasteiger partial charge in [-0.2, -0.15) is 0 Å². The van der Waals surface area contributed by atoms with Gasteiger partial charge in [-0.1, -0.05) is 20.8 Å². The SMILES string of the molecule is CCCn1cc(S(=O)(=O)NC(C)(CN)C(C)C)nc1C. The topological polar surface area (TPSA) is 90.0 Å². The molecule has 1 heterocycles. The molecule has 0 amide bonds. The molecule has 0 bridgehead atoms. The van der Waals surface area contributed by atoms with Crippen LogP contribution in [0.2, 0.25) is 0 Å². The average molecular weight is 302 g/mol. The number of imidazole rings is 1. The van der Waals surface area contributed by atoms with Crippen molar-refractivity contribution in [2.45, 2.75) is 58.1 Å². The second kappa shape index (κ2) is 6.24. The summed E-state index contributed by atoms with van der Waals surface area (Å²) in [7, 11) is -3.66. The maximum atomic E-state index is 12.4. The van der Waals surface area contributed by atoms with Crippen LogP contribution in [-0.4, -0.2) is 30.1 Å². The average Bonchev–Trinajstić information content (AvgIpc) is 2.71. The van der Waals surface area contributed by atoms with Gasteiger partial charge in [-0.05, 0) is 26.2 Å². The van der Waals surface area contributed by atoms with Gasteiger partial charge >= 0.3 is 0 Å². The molecule has 1 rings (SSSR count). The molecule has 6 nitrogen and oxygen atoms in total. The molecular formula is C13H26N4O2S. The molecule has 0 aromatic carbocycles. The number of aryl methyl sites for hydroxylation is 2. The molecular weight excluding hydrogens is 276 g/mol. The van der Waals surface area contributed by atoms with E-state index < -0.39 is 15.6 Å². The van der Waals surface area contributed by atoms with Gasteiger partial charge < -0.3 is 10.3 Å². The first-order valence-electron chi connectivity index (χ1n) is 6.94. The Bertz CT molecular complexity index is 551. The van der Waals surface area contributed by atoms with E-state index in [1.165, 1.54) is 0 Å². The van der Waals surface area contributed by atoms with Gasteiger partial charge in [0.25, 0.3) is 10.0 Å². The molecule has 3 N–H and O–H groups in total. The molecule has 116 valence electrons. The molecule has 1 atom stereocenters. The van der Waals surface area contributed by atoms with Crippen molar-refractivity contribution in [3.8, 4) is 0 Å². The van der Waals surface area contributed by atoms with E-state index in [9.17, 15) is 8.42 Å².